The highest BCUT2D eigenvalue weighted by molar-refractivity contribution is 5.77. The molecule has 1 aliphatic carbocycles. The molecule has 0 bridgehead atoms. The van der Waals surface area contributed by atoms with Crippen molar-refractivity contribution in [2.75, 3.05) is 19.6 Å². The third kappa shape index (κ3) is 13.4. The van der Waals surface area contributed by atoms with Gasteiger partial charge >= 0.3 is 0 Å². The Labute approximate surface area is 189 Å². The maximum Gasteiger partial charge on any atom is 0.222 e. The maximum absolute atomic E-state index is 12.0. The van der Waals surface area contributed by atoms with Gasteiger partial charge in [-0.3, -0.25) is 4.79 Å². The first-order valence-electron chi connectivity index (χ1n) is 12.6. The van der Waals surface area contributed by atoms with Gasteiger partial charge in [-0.05, 0) is 13.0 Å². The summed E-state index contributed by atoms with van der Waals surface area (Å²) in [5, 5.41) is 45.5. The fourth-order valence-corrected chi connectivity index (χ4v) is 4.37. The van der Waals surface area contributed by atoms with Crippen molar-refractivity contribution in [2.24, 2.45) is 0 Å². The predicted molar refractivity (Wildman–Crippen MR) is 124 cm³/mol. The van der Waals surface area contributed by atoms with Crippen molar-refractivity contribution in [2.45, 2.75) is 127 Å². The Balaban J connectivity index is 1.89. The van der Waals surface area contributed by atoms with E-state index in [-0.39, 0.29) is 25.2 Å². The molecule has 2 atom stereocenters. The van der Waals surface area contributed by atoms with Crippen LogP contribution in [0.2, 0.25) is 0 Å². The molecule has 0 aromatic carbocycles. The molecule has 6 N–H and O–H groups in total. The highest BCUT2D eigenvalue weighted by Crippen LogP contribution is 2.31. The molecular formula is C24H48N2O5. The summed E-state index contributed by atoms with van der Waals surface area (Å²) in [5.41, 5.74) is -1.48. The topological polar surface area (TPSA) is 122 Å². The number of hydrogen-bond donors (Lipinski definition) is 6. The Kier molecular flexibility index (Phi) is 15.4. The van der Waals surface area contributed by atoms with Crippen LogP contribution in [0, 0.1) is 0 Å². The molecule has 1 saturated carbocycles. The van der Waals surface area contributed by atoms with E-state index in [4.69, 9.17) is 0 Å². The molecule has 1 aliphatic rings. The second kappa shape index (κ2) is 16.8. The van der Waals surface area contributed by atoms with Gasteiger partial charge < -0.3 is 31.1 Å². The van der Waals surface area contributed by atoms with E-state index >= 15 is 0 Å². The Morgan fingerprint density at radius 2 is 1.26 bits per heavy atom. The molecule has 1 amide bonds. The van der Waals surface area contributed by atoms with Crippen molar-refractivity contribution >= 4 is 5.91 Å². The molecule has 1 rings (SSSR count). The van der Waals surface area contributed by atoms with Crippen LogP contribution in [0.5, 0.6) is 0 Å². The zero-order valence-electron chi connectivity index (χ0n) is 19.7. The SMILES string of the molecule is CCCCCCCCCCCCCCNCCNC(=O)CC1(O)C[C@@H](O)C(O)[C@H](O)C1. The van der Waals surface area contributed by atoms with Gasteiger partial charge in [0.05, 0.1) is 24.2 Å². The van der Waals surface area contributed by atoms with E-state index in [1.807, 2.05) is 0 Å². The molecule has 0 heterocycles. The van der Waals surface area contributed by atoms with Crippen LogP contribution >= 0.6 is 0 Å². The van der Waals surface area contributed by atoms with Gasteiger partial charge in [0.15, 0.2) is 0 Å². The van der Waals surface area contributed by atoms with E-state index in [1.165, 1.54) is 70.6 Å². The summed E-state index contributed by atoms with van der Waals surface area (Å²) < 4.78 is 0. The summed E-state index contributed by atoms with van der Waals surface area (Å²) >= 11 is 0. The number of aliphatic hydroxyl groups excluding tert-OH is 3. The van der Waals surface area contributed by atoms with Crippen molar-refractivity contribution in [1.82, 2.24) is 10.6 Å². The summed E-state index contributed by atoms with van der Waals surface area (Å²) in [4.78, 5) is 12.0. The molecule has 0 spiro atoms. The summed E-state index contributed by atoms with van der Waals surface area (Å²) in [6.07, 6.45) is 11.9. The van der Waals surface area contributed by atoms with E-state index in [1.54, 1.807) is 0 Å². The minimum absolute atomic E-state index is 0.115. The van der Waals surface area contributed by atoms with E-state index < -0.39 is 23.9 Å². The van der Waals surface area contributed by atoms with Crippen LogP contribution in [-0.2, 0) is 4.79 Å². The number of unbranched alkanes of at least 4 members (excludes halogenated alkanes) is 11. The average molecular weight is 445 g/mol. The smallest absolute Gasteiger partial charge is 0.222 e. The minimum atomic E-state index is -1.48. The number of carbonyl (C=O) groups is 1. The second-order valence-electron chi connectivity index (χ2n) is 9.42. The molecule has 0 radical (unpaired) electrons. The van der Waals surface area contributed by atoms with Crippen LogP contribution in [0.1, 0.15) is 103 Å². The highest BCUT2D eigenvalue weighted by atomic mass is 16.4. The molecule has 31 heavy (non-hydrogen) atoms. The van der Waals surface area contributed by atoms with Gasteiger partial charge in [-0.25, -0.2) is 0 Å². The number of carbonyl (C=O) groups excluding carboxylic acids is 1. The Morgan fingerprint density at radius 1 is 0.774 bits per heavy atom. The summed E-state index contributed by atoms with van der Waals surface area (Å²) in [5.74, 6) is -0.314. The molecule has 7 heteroatoms. The van der Waals surface area contributed by atoms with Crippen LogP contribution in [0.15, 0.2) is 0 Å². The molecule has 0 aliphatic heterocycles. The van der Waals surface area contributed by atoms with Crippen LogP contribution in [0.4, 0.5) is 0 Å². The number of hydrogen-bond acceptors (Lipinski definition) is 6. The number of aliphatic hydroxyl groups is 4. The first-order valence-corrected chi connectivity index (χ1v) is 12.6. The predicted octanol–water partition coefficient (Wildman–Crippen LogP) is 2.39. The summed E-state index contributed by atoms with van der Waals surface area (Å²) in [6.45, 7) is 4.34. The van der Waals surface area contributed by atoms with Crippen LogP contribution in [0.3, 0.4) is 0 Å². The Hall–Kier alpha value is -0.730. The number of rotatable bonds is 18. The summed E-state index contributed by atoms with van der Waals surface area (Å²) in [6, 6.07) is 0. The van der Waals surface area contributed by atoms with Crippen molar-refractivity contribution in [3.8, 4) is 0 Å². The first-order chi connectivity index (χ1) is 14.9. The van der Waals surface area contributed by atoms with E-state index in [0.29, 0.717) is 13.1 Å². The van der Waals surface area contributed by atoms with Gasteiger partial charge in [0, 0.05) is 25.9 Å². The zero-order valence-corrected chi connectivity index (χ0v) is 19.7. The molecule has 0 aromatic heterocycles. The lowest BCUT2D eigenvalue weighted by Gasteiger charge is -2.39. The van der Waals surface area contributed by atoms with Gasteiger partial charge in [0.2, 0.25) is 5.91 Å². The van der Waals surface area contributed by atoms with Gasteiger partial charge in [-0.1, -0.05) is 77.6 Å². The molecule has 0 saturated heterocycles. The third-order valence-electron chi connectivity index (χ3n) is 6.29. The van der Waals surface area contributed by atoms with Gasteiger partial charge in [0.1, 0.15) is 6.10 Å². The molecule has 0 unspecified atom stereocenters. The van der Waals surface area contributed by atoms with Gasteiger partial charge in [-0.2, -0.15) is 0 Å². The second-order valence-corrected chi connectivity index (χ2v) is 9.42. The first kappa shape index (κ1) is 28.3. The standard InChI is InChI=1S/C24H48N2O5/c1-2-3-4-5-6-7-8-9-10-11-12-13-14-25-15-16-26-22(29)19-24(31)17-20(27)23(30)21(28)18-24/h20-21,23,25,27-28,30-31H,2-19H2,1H3,(H,26,29)/t20-,21-,23?,24?/m1/s1. The lowest BCUT2D eigenvalue weighted by Crippen LogP contribution is -2.54. The normalized spacial score (nSPS) is 26.2. The molecule has 0 aromatic rings. The molecule has 7 nitrogen and oxygen atoms in total. The van der Waals surface area contributed by atoms with Gasteiger partial charge in [0.25, 0.3) is 0 Å². The Bertz CT molecular complexity index is 451. The Morgan fingerprint density at radius 3 is 1.77 bits per heavy atom. The van der Waals surface area contributed by atoms with Crippen molar-refractivity contribution in [1.29, 1.82) is 0 Å². The van der Waals surface area contributed by atoms with Crippen LogP contribution in [-0.4, -0.2) is 69.9 Å². The summed E-state index contributed by atoms with van der Waals surface area (Å²) in [7, 11) is 0. The minimum Gasteiger partial charge on any atom is -0.390 e. The van der Waals surface area contributed by atoms with Gasteiger partial charge in [-0.15, -0.1) is 0 Å². The van der Waals surface area contributed by atoms with E-state index in [2.05, 4.69) is 17.6 Å². The molecular weight excluding hydrogens is 396 g/mol. The largest absolute Gasteiger partial charge is 0.390 e. The quantitative estimate of drug-likeness (QED) is 0.181. The zero-order chi connectivity index (χ0) is 23.0. The monoisotopic (exact) mass is 444 g/mol. The van der Waals surface area contributed by atoms with Crippen LogP contribution < -0.4 is 10.6 Å². The fraction of sp³-hybridized carbons (Fsp3) is 0.958. The lowest BCUT2D eigenvalue weighted by atomic mass is 9.77. The number of amides is 1. The van der Waals surface area contributed by atoms with Crippen molar-refractivity contribution in [3.05, 3.63) is 0 Å². The third-order valence-corrected chi connectivity index (χ3v) is 6.29. The van der Waals surface area contributed by atoms with Crippen LogP contribution in [0.25, 0.3) is 0 Å². The highest BCUT2D eigenvalue weighted by Gasteiger charge is 2.44. The molecule has 184 valence electrons. The molecule has 1 fully saturated rings. The average Bonchev–Trinajstić information content (AvgIpc) is 2.71. The van der Waals surface area contributed by atoms with Crippen molar-refractivity contribution in [3.63, 3.8) is 0 Å². The lowest BCUT2D eigenvalue weighted by molar-refractivity contribution is -0.161. The van der Waals surface area contributed by atoms with Crippen molar-refractivity contribution < 1.29 is 25.2 Å². The van der Waals surface area contributed by atoms with E-state index in [9.17, 15) is 25.2 Å². The number of nitrogens with one attached hydrogen (secondary N) is 2. The fourth-order valence-electron chi connectivity index (χ4n) is 4.37. The van der Waals surface area contributed by atoms with E-state index in [0.717, 1.165) is 13.0 Å². The maximum atomic E-state index is 12.0.